The van der Waals surface area contributed by atoms with Gasteiger partial charge in [-0.2, -0.15) is 4.98 Å². The minimum absolute atomic E-state index is 0.0804. The molecule has 2 aromatic carbocycles. The van der Waals surface area contributed by atoms with Gasteiger partial charge in [0.25, 0.3) is 5.56 Å². The second kappa shape index (κ2) is 8.35. The van der Waals surface area contributed by atoms with Gasteiger partial charge in [-0.1, -0.05) is 17.7 Å². The number of imidazole rings is 1. The zero-order valence-electron chi connectivity index (χ0n) is 19.3. The van der Waals surface area contributed by atoms with Crippen molar-refractivity contribution in [3.63, 3.8) is 0 Å². The third-order valence-electron chi connectivity index (χ3n) is 6.56. The average Bonchev–Trinajstić information content (AvgIpc) is 3.48. The Morgan fingerprint density at radius 2 is 1.92 bits per heavy atom. The number of fused-ring (bicyclic) bond motifs is 4. The van der Waals surface area contributed by atoms with Crippen molar-refractivity contribution < 1.29 is 8.78 Å². The van der Waals surface area contributed by atoms with Gasteiger partial charge in [-0.15, -0.1) is 0 Å². The van der Waals surface area contributed by atoms with Crippen molar-refractivity contribution in [2.75, 3.05) is 19.4 Å². The molecule has 0 saturated carbocycles. The molecule has 0 saturated heterocycles. The summed E-state index contributed by atoms with van der Waals surface area (Å²) in [7, 11) is 4.17. The molecule has 1 atom stereocenters. The molecule has 1 unspecified atom stereocenters. The van der Waals surface area contributed by atoms with Gasteiger partial charge in [0.15, 0.2) is 11.5 Å². The fourth-order valence-corrected chi connectivity index (χ4v) is 5.00. The van der Waals surface area contributed by atoms with E-state index in [1.807, 2.05) is 6.07 Å². The topological polar surface area (TPSA) is 80.4 Å². The van der Waals surface area contributed by atoms with E-state index >= 15 is 0 Å². The molecule has 3 heterocycles. The number of rotatable bonds is 4. The van der Waals surface area contributed by atoms with Crippen LogP contribution in [0.5, 0.6) is 0 Å². The van der Waals surface area contributed by atoms with Gasteiger partial charge >= 0.3 is 0 Å². The lowest BCUT2D eigenvalue weighted by atomic mass is 10.1. The van der Waals surface area contributed by atoms with E-state index in [9.17, 15) is 13.6 Å². The summed E-state index contributed by atoms with van der Waals surface area (Å²) in [4.78, 5) is 28.7. The molecular weight excluding hydrogens is 488 g/mol. The summed E-state index contributed by atoms with van der Waals surface area (Å²) < 4.78 is 30.9. The van der Waals surface area contributed by atoms with Crippen LogP contribution in [0.3, 0.4) is 0 Å². The van der Waals surface area contributed by atoms with E-state index in [-0.39, 0.29) is 27.5 Å². The largest absolute Gasteiger partial charge is 0.324 e. The van der Waals surface area contributed by atoms with Crippen LogP contribution in [-0.4, -0.2) is 49.0 Å². The highest BCUT2D eigenvalue weighted by molar-refractivity contribution is 6.32. The number of anilines is 2. The summed E-state index contributed by atoms with van der Waals surface area (Å²) in [5.41, 5.74) is 2.80. The molecule has 36 heavy (non-hydrogen) atoms. The van der Waals surface area contributed by atoms with Gasteiger partial charge < -0.3 is 10.2 Å². The highest BCUT2D eigenvalue weighted by Gasteiger charge is 2.24. The fourth-order valence-electron chi connectivity index (χ4n) is 4.72. The van der Waals surface area contributed by atoms with Crippen LogP contribution in [0.2, 0.25) is 5.02 Å². The smallest absolute Gasteiger partial charge is 0.270 e. The van der Waals surface area contributed by atoms with Crippen molar-refractivity contribution in [1.82, 2.24) is 28.8 Å². The van der Waals surface area contributed by atoms with Crippen LogP contribution < -0.4 is 10.9 Å². The molecule has 6 rings (SSSR count). The maximum atomic E-state index is 14.7. The lowest BCUT2D eigenvalue weighted by Gasteiger charge is -2.17. The molecule has 0 fully saturated rings. The van der Waals surface area contributed by atoms with E-state index in [2.05, 4.69) is 51.4 Å². The van der Waals surface area contributed by atoms with Crippen molar-refractivity contribution in [2.45, 2.75) is 18.9 Å². The van der Waals surface area contributed by atoms with Gasteiger partial charge in [-0.3, -0.25) is 9.20 Å². The van der Waals surface area contributed by atoms with E-state index in [1.165, 1.54) is 27.9 Å². The molecule has 0 bridgehead atoms. The number of nitrogens with one attached hydrogen (secondary N) is 1. The van der Waals surface area contributed by atoms with E-state index < -0.39 is 17.2 Å². The maximum absolute atomic E-state index is 14.7. The summed E-state index contributed by atoms with van der Waals surface area (Å²) in [6.45, 7) is 0. The number of aromatic nitrogens is 5. The van der Waals surface area contributed by atoms with Gasteiger partial charge in [-0.05, 0) is 56.3 Å². The molecule has 1 aliphatic carbocycles. The standard InChI is InChI=1S/C25H20ClF2N7O/c1-33(2)17-8-13-3-4-16(7-14(13)9-17)31-24-30-12-18-22(32-24)34-6-5-29-25(34)35(23(18)36)21-19(26)10-15(27)11-20(21)28/h3-7,10-12,17H,8-9H2,1-2H3,(H,30,31,32). The highest BCUT2D eigenvalue weighted by atomic mass is 35.5. The molecule has 8 nitrogen and oxygen atoms in total. The second-order valence-electron chi connectivity index (χ2n) is 9.02. The molecule has 1 N–H and O–H groups in total. The quantitative estimate of drug-likeness (QED) is 0.394. The van der Waals surface area contributed by atoms with Crippen molar-refractivity contribution >= 4 is 40.0 Å². The number of hydrogen-bond acceptors (Lipinski definition) is 6. The van der Waals surface area contributed by atoms with Crippen LogP contribution >= 0.6 is 11.6 Å². The first-order valence-electron chi connectivity index (χ1n) is 11.2. The Labute approximate surface area is 208 Å². The third kappa shape index (κ3) is 3.61. The van der Waals surface area contributed by atoms with Crippen molar-refractivity contribution in [2.24, 2.45) is 0 Å². The monoisotopic (exact) mass is 507 g/mol. The predicted octanol–water partition coefficient (Wildman–Crippen LogP) is 4.13. The zero-order valence-corrected chi connectivity index (χ0v) is 20.1. The van der Waals surface area contributed by atoms with Crippen LogP contribution in [-0.2, 0) is 12.8 Å². The zero-order chi connectivity index (χ0) is 25.1. The molecule has 11 heteroatoms. The maximum Gasteiger partial charge on any atom is 0.270 e. The van der Waals surface area contributed by atoms with E-state index in [0.29, 0.717) is 18.1 Å². The molecule has 0 amide bonds. The van der Waals surface area contributed by atoms with Gasteiger partial charge in [-0.25, -0.2) is 23.3 Å². The number of hydrogen-bond donors (Lipinski definition) is 1. The predicted molar refractivity (Wildman–Crippen MR) is 133 cm³/mol. The number of benzene rings is 2. The summed E-state index contributed by atoms with van der Waals surface area (Å²) in [5.74, 6) is -1.46. The van der Waals surface area contributed by atoms with Crippen LogP contribution in [0.4, 0.5) is 20.4 Å². The Morgan fingerprint density at radius 3 is 2.69 bits per heavy atom. The normalized spacial score (nSPS) is 15.2. The Morgan fingerprint density at radius 1 is 1.11 bits per heavy atom. The first kappa shape index (κ1) is 22.6. The van der Waals surface area contributed by atoms with Crippen LogP contribution in [0.15, 0.2) is 53.7 Å². The highest BCUT2D eigenvalue weighted by Crippen LogP contribution is 2.29. The summed E-state index contributed by atoms with van der Waals surface area (Å²) in [6, 6.07) is 8.26. The summed E-state index contributed by atoms with van der Waals surface area (Å²) in [6.07, 6.45) is 6.40. The lowest BCUT2D eigenvalue weighted by molar-refractivity contribution is 0.303. The van der Waals surface area contributed by atoms with Crippen LogP contribution in [0, 0.1) is 11.6 Å². The Bertz CT molecular complexity index is 1710. The van der Waals surface area contributed by atoms with Gasteiger partial charge in [0.2, 0.25) is 11.7 Å². The van der Waals surface area contributed by atoms with E-state index in [1.54, 1.807) is 6.20 Å². The van der Waals surface area contributed by atoms with Gasteiger partial charge in [0.1, 0.15) is 16.9 Å². The van der Waals surface area contributed by atoms with Gasteiger partial charge in [0, 0.05) is 36.4 Å². The SMILES string of the molecule is CN(C)C1Cc2ccc(Nc3ncc4c(=O)n(-c5c(F)cc(F)cc5Cl)c5nccn5c4n3)cc2C1. The molecule has 5 aromatic rings. The van der Waals surface area contributed by atoms with E-state index in [0.717, 1.165) is 29.2 Å². The molecule has 182 valence electrons. The third-order valence-corrected chi connectivity index (χ3v) is 6.85. The molecule has 3 aromatic heterocycles. The van der Waals surface area contributed by atoms with Gasteiger partial charge in [0.05, 0.1) is 5.02 Å². The Hall–Kier alpha value is -3.89. The average molecular weight is 508 g/mol. The molecule has 0 aliphatic heterocycles. The number of nitrogens with zero attached hydrogens (tertiary/aromatic N) is 6. The number of halogens is 3. The van der Waals surface area contributed by atoms with Crippen LogP contribution in [0.1, 0.15) is 11.1 Å². The second-order valence-corrected chi connectivity index (χ2v) is 9.43. The van der Waals surface area contributed by atoms with Crippen molar-refractivity contribution in [3.8, 4) is 5.69 Å². The fraction of sp³-hybridized carbons (Fsp3) is 0.200. The first-order chi connectivity index (χ1) is 17.3. The van der Waals surface area contributed by atoms with Crippen LogP contribution in [0.25, 0.3) is 22.5 Å². The Kier molecular flexibility index (Phi) is 5.24. The molecule has 0 radical (unpaired) electrons. The van der Waals surface area contributed by atoms with E-state index in [4.69, 9.17) is 11.6 Å². The molecular formula is C25H20ClF2N7O. The Balaban J connectivity index is 1.44. The van der Waals surface area contributed by atoms with Crippen molar-refractivity contribution in [3.05, 3.63) is 87.1 Å². The summed E-state index contributed by atoms with van der Waals surface area (Å²) >= 11 is 6.12. The molecule has 0 spiro atoms. The minimum atomic E-state index is -0.987. The minimum Gasteiger partial charge on any atom is -0.324 e. The summed E-state index contributed by atoms with van der Waals surface area (Å²) in [5, 5.41) is 3.08. The lowest BCUT2D eigenvalue weighted by Crippen LogP contribution is -2.27. The number of likely N-dealkylation sites (N-methyl/N-ethyl adjacent to an activating group) is 1. The first-order valence-corrected chi connectivity index (χ1v) is 11.6. The van der Waals surface area contributed by atoms with Crippen molar-refractivity contribution in [1.29, 1.82) is 0 Å². The molecule has 1 aliphatic rings.